The first-order valence-electron chi connectivity index (χ1n) is 6.70. The molecule has 0 spiro atoms. The Morgan fingerprint density at radius 3 is 2.55 bits per heavy atom. The van der Waals surface area contributed by atoms with Crippen molar-refractivity contribution in [3.05, 3.63) is 60.3 Å². The number of hydrogen-bond donors (Lipinski definition) is 2. The summed E-state index contributed by atoms with van der Waals surface area (Å²) in [5.41, 5.74) is 1.87. The predicted molar refractivity (Wildman–Crippen MR) is 80.3 cm³/mol. The lowest BCUT2D eigenvalue weighted by Crippen LogP contribution is -1.94. The monoisotopic (exact) mass is 269 g/mol. The molecule has 0 aliphatic heterocycles. The van der Waals surface area contributed by atoms with Gasteiger partial charge in [-0.25, -0.2) is 4.98 Å². The van der Waals surface area contributed by atoms with E-state index in [0.29, 0.717) is 0 Å². The molecule has 2 heterocycles. The summed E-state index contributed by atoms with van der Waals surface area (Å²) in [5, 5.41) is 10.5. The molecule has 0 saturated carbocycles. The predicted octanol–water partition coefficient (Wildman–Crippen LogP) is 3.40. The first kappa shape index (κ1) is 14.2. The van der Waals surface area contributed by atoms with Crippen molar-refractivity contribution < 1.29 is 5.11 Å². The summed E-state index contributed by atoms with van der Waals surface area (Å²) in [4.78, 5) is 11.1. The van der Waals surface area contributed by atoms with Crippen LogP contribution in [0.1, 0.15) is 31.0 Å². The average molecular weight is 269 g/mol. The summed E-state index contributed by atoms with van der Waals surface area (Å²) >= 11 is 0. The van der Waals surface area contributed by atoms with E-state index in [0.717, 1.165) is 23.5 Å². The van der Waals surface area contributed by atoms with Crippen molar-refractivity contribution in [2.45, 2.75) is 26.4 Å². The van der Waals surface area contributed by atoms with E-state index in [1.54, 1.807) is 6.20 Å². The highest BCUT2D eigenvalue weighted by molar-refractivity contribution is 5.77. The fourth-order valence-corrected chi connectivity index (χ4v) is 1.85. The number of benzene rings is 1. The van der Waals surface area contributed by atoms with Crippen LogP contribution in [0.2, 0.25) is 0 Å². The van der Waals surface area contributed by atoms with Crippen LogP contribution < -0.4 is 0 Å². The number of hydrogen-bond acceptors (Lipinski definition) is 3. The molecule has 3 rings (SSSR count). The quantitative estimate of drug-likeness (QED) is 0.749. The minimum atomic E-state index is -0.388. The molecular weight excluding hydrogens is 250 g/mol. The number of imidazole rings is 1. The summed E-state index contributed by atoms with van der Waals surface area (Å²) in [5.74, 6) is 0.850. The van der Waals surface area contributed by atoms with Crippen LogP contribution in [-0.4, -0.2) is 20.1 Å². The second kappa shape index (κ2) is 6.82. The third-order valence-corrected chi connectivity index (χ3v) is 2.98. The third kappa shape index (κ3) is 3.65. The second-order valence-corrected chi connectivity index (χ2v) is 4.54. The molecule has 1 atom stereocenters. The lowest BCUT2D eigenvalue weighted by atomic mass is 10.2. The van der Waals surface area contributed by atoms with Gasteiger partial charge in [-0.2, -0.15) is 0 Å². The number of aromatic amines is 1. The van der Waals surface area contributed by atoms with Crippen LogP contribution in [0, 0.1) is 6.92 Å². The first-order valence-corrected chi connectivity index (χ1v) is 6.70. The molecule has 0 aliphatic carbocycles. The van der Waals surface area contributed by atoms with Crippen molar-refractivity contribution >= 4 is 10.9 Å². The highest BCUT2D eigenvalue weighted by atomic mass is 16.3. The van der Waals surface area contributed by atoms with E-state index in [-0.39, 0.29) is 6.10 Å². The SMILES string of the molecule is CCC(O)c1cnc(C)[nH]1.c1ccc2ncccc2c1. The van der Waals surface area contributed by atoms with Gasteiger partial charge in [-0.15, -0.1) is 0 Å². The van der Waals surface area contributed by atoms with Gasteiger partial charge >= 0.3 is 0 Å². The summed E-state index contributed by atoms with van der Waals surface area (Å²) in [6.45, 7) is 3.80. The Labute approximate surface area is 118 Å². The summed E-state index contributed by atoms with van der Waals surface area (Å²) in [7, 11) is 0. The minimum Gasteiger partial charge on any atom is -0.387 e. The molecule has 4 heteroatoms. The number of aryl methyl sites for hydroxylation is 1. The van der Waals surface area contributed by atoms with Crippen molar-refractivity contribution in [3.8, 4) is 0 Å². The van der Waals surface area contributed by atoms with E-state index in [1.807, 2.05) is 44.3 Å². The smallest absolute Gasteiger partial charge is 0.103 e. The van der Waals surface area contributed by atoms with Crippen LogP contribution in [0.4, 0.5) is 0 Å². The number of nitrogens with one attached hydrogen (secondary N) is 1. The zero-order chi connectivity index (χ0) is 14.4. The number of pyridine rings is 1. The number of aromatic nitrogens is 3. The van der Waals surface area contributed by atoms with E-state index in [9.17, 15) is 5.11 Å². The van der Waals surface area contributed by atoms with Crippen LogP contribution in [0.15, 0.2) is 48.8 Å². The van der Waals surface area contributed by atoms with Crippen LogP contribution >= 0.6 is 0 Å². The molecule has 3 aromatic rings. The molecule has 104 valence electrons. The summed E-state index contributed by atoms with van der Waals surface area (Å²) in [6.07, 6.45) is 3.81. The number of H-pyrrole nitrogens is 1. The molecule has 20 heavy (non-hydrogen) atoms. The number of para-hydroxylation sites is 1. The van der Waals surface area contributed by atoms with Gasteiger partial charge in [0.1, 0.15) is 5.82 Å². The van der Waals surface area contributed by atoms with E-state index in [1.165, 1.54) is 5.39 Å². The van der Waals surface area contributed by atoms with E-state index in [2.05, 4.69) is 27.1 Å². The maximum absolute atomic E-state index is 9.27. The second-order valence-electron chi connectivity index (χ2n) is 4.54. The van der Waals surface area contributed by atoms with E-state index in [4.69, 9.17) is 0 Å². The molecule has 0 fully saturated rings. The van der Waals surface area contributed by atoms with Gasteiger partial charge < -0.3 is 10.1 Å². The standard InChI is InChI=1S/C9H7N.C7H12N2O/c1-2-6-9-8(4-1)5-3-7-10-9;1-3-7(10)6-4-8-5(2)9-6/h1-7H;4,7,10H,3H2,1-2H3,(H,8,9). The zero-order valence-electron chi connectivity index (χ0n) is 11.7. The maximum Gasteiger partial charge on any atom is 0.103 e. The lowest BCUT2D eigenvalue weighted by Gasteiger charge is -2.01. The van der Waals surface area contributed by atoms with Crippen molar-refractivity contribution in [2.24, 2.45) is 0 Å². The van der Waals surface area contributed by atoms with Gasteiger partial charge in [-0.05, 0) is 25.5 Å². The molecule has 0 bridgehead atoms. The van der Waals surface area contributed by atoms with Gasteiger partial charge in [0.15, 0.2) is 0 Å². The molecular formula is C16H19N3O. The third-order valence-electron chi connectivity index (χ3n) is 2.98. The van der Waals surface area contributed by atoms with Crippen molar-refractivity contribution in [1.82, 2.24) is 15.0 Å². The highest BCUT2D eigenvalue weighted by Gasteiger charge is 2.05. The minimum absolute atomic E-state index is 0.388. The first-order chi connectivity index (χ1) is 9.70. The molecule has 0 aliphatic rings. The molecule has 0 saturated heterocycles. The number of rotatable bonds is 2. The molecule has 2 N–H and O–H groups in total. The number of nitrogens with zero attached hydrogens (tertiary/aromatic N) is 2. The van der Waals surface area contributed by atoms with Crippen LogP contribution in [0.5, 0.6) is 0 Å². The Morgan fingerprint density at radius 2 is 1.90 bits per heavy atom. The Hall–Kier alpha value is -2.20. The molecule has 1 unspecified atom stereocenters. The van der Waals surface area contributed by atoms with Crippen LogP contribution in [-0.2, 0) is 0 Å². The number of aliphatic hydroxyl groups is 1. The van der Waals surface area contributed by atoms with Crippen LogP contribution in [0.3, 0.4) is 0 Å². The van der Waals surface area contributed by atoms with E-state index < -0.39 is 0 Å². The number of aliphatic hydroxyl groups excluding tert-OH is 1. The van der Waals surface area contributed by atoms with Crippen LogP contribution in [0.25, 0.3) is 10.9 Å². The molecule has 1 aromatic carbocycles. The van der Waals surface area contributed by atoms with Crippen molar-refractivity contribution in [1.29, 1.82) is 0 Å². The largest absolute Gasteiger partial charge is 0.387 e. The summed E-state index contributed by atoms with van der Waals surface area (Å²) < 4.78 is 0. The van der Waals surface area contributed by atoms with Crippen molar-refractivity contribution in [3.63, 3.8) is 0 Å². The van der Waals surface area contributed by atoms with Gasteiger partial charge in [0.2, 0.25) is 0 Å². The summed E-state index contributed by atoms with van der Waals surface area (Å²) in [6, 6.07) is 12.1. The zero-order valence-corrected chi connectivity index (χ0v) is 11.7. The Kier molecular flexibility index (Phi) is 4.85. The van der Waals surface area contributed by atoms with Gasteiger partial charge in [-0.1, -0.05) is 31.2 Å². The van der Waals surface area contributed by atoms with Gasteiger partial charge in [0.05, 0.1) is 23.5 Å². The Balaban J connectivity index is 0.000000147. The van der Waals surface area contributed by atoms with E-state index >= 15 is 0 Å². The molecule has 0 amide bonds. The highest BCUT2D eigenvalue weighted by Crippen LogP contribution is 2.12. The molecule has 4 nitrogen and oxygen atoms in total. The number of fused-ring (bicyclic) bond motifs is 1. The molecule has 0 radical (unpaired) electrons. The van der Waals surface area contributed by atoms with Gasteiger partial charge in [0.25, 0.3) is 0 Å². The van der Waals surface area contributed by atoms with Gasteiger partial charge in [0, 0.05) is 11.6 Å². The molecule has 2 aromatic heterocycles. The topological polar surface area (TPSA) is 61.8 Å². The fourth-order valence-electron chi connectivity index (χ4n) is 1.85. The Bertz CT molecular complexity index is 598. The Morgan fingerprint density at radius 1 is 1.15 bits per heavy atom. The van der Waals surface area contributed by atoms with Crippen molar-refractivity contribution in [2.75, 3.05) is 0 Å². The fraction of sp³-hybridized carbons (Fsp3) is 0.250. The average Bonchev–Trinajstić information content (AvgIpc) is 2.94. The lowest BCUT2D eigenvalue weighted by molar-refractivity contribution is 0.169. The normalized spacial score (nSPS) is 11.8. The maximum atomic E-state index is 9.27. The van der Waals surface area contributed by atoms with Gasteiger partial charge in [-0.3, -0.25) is 4.98 Å².